The van der Waals surface area contributed by atoms with Gasteiger partial charge in [0.15, 0.2) is 5.82 Å². The van der Waals surface area contributed by atoms with E-state index in [1.54, 1.807) is 0 Å². The number of carbonyl (C=O) groups excluding carboxylic acids is 3. The zero-order chi connectivity index (χ0) is 19.6. The van der Waals surface area contributed by atoms with E-state index in [0.29, 0.717) is 13.0 Å². The van der Waals surface area contributed by atoms with E-state index in [-0.39, 0.29) is 30.8 Å². The summed E-state index contributed by atoms with van der Waals surface area (Å²) in [4.78, 5) is 38.2. The van der Waals surface area contributed by atoms with Crippen LogP contribution >= 0.6 is 0 Å². The van der Waals surface area contributed by atoms with Gasteiger partial charge in [0, 0.05) is 25.9 Å². The maximum absolute atomic E-state index is 12.6. The van der Waals surface area contributed by atoms with E-state index in [1.807, 2.05) is 0 Å². The van der Waals surface area contributed by atoms with Crippen molar-refractivity contribution in [2.45, 2.75) is 82.8 Å². The van der Waals surface area contributed by atoms with Crippen molar-refractivity contribution in [3.05, 3.63) is 11.6 Å². The second kappa shape index (κ2) is 7.89. The predicted molar refractivity (Wildman–Crippen MR) is 100 cm³/mol. The second-order valence-electron chi connectivity index (χ2n) is 8.05. The molecule has 0 bridgehead atoms. The molecular weight excluding hydrogens is 360 g/mol. The highest BCUT2D eigenvalue weighted by Crippen LogP contribution is 2.35. The number of nitrogens with zero attached hydrogens (tertiary/aromatic N) is 4. The monoisotopic (exact) mass is 388 g/mol. The number of nitrogens with one attached hydrogen (secondary N) is 2. The van der Waals surface area contributed by atoms with E-state index in [2.05, 4.69) is 25.4 Å². The summed E-state index contributed by atoms with van der Waals surface area (Å²) in [5.41, 5.74) is -0.676. The average Bonchev–Trinajstić information content (AvgIpc) is 3.30. The molecule has 0 aromatic carbocycles. The minimum Gasteiger partial charge on any atom is -0.349 e. The van der Waals surface area contributed by atoms with E-state index < -0.39 is 5.54 Å². The van der Waals surface area contributed by atoms with E-state index in [1.165, 1.54) is 11.3 Å². The topological polar surface area (TPSA) is 109 Å². The van der Waals surface area contributed by atoms with Gasteiger partial charge in [0.25, 0.3) is 5.91 Å². The molecule has 3 heterocycles. The molecule has 152 valence electrons. The Labute approximate surface area is 164 Å². The largest absolute Gasteiger partial charge is 0.349 e. The van der Waals surface area contributed by atoms with Crippen LogP contribution in [0.15, 0.2) is 0 Å². The molecule has 28 heavy (non-hydrogen) atoms. The summed E-state index contributed by atoms with van der Waals surface area (Å²) in [6.45, 7) is 1.54. The van der Waals surface area contributed by atoms with Crippen molar-refractivity contribution in [2.75, 3.05) is 6.54 Å². The van der Waals surface area contributed by atoms with Gasteiger partial charge in [0.1, 0.15) is 11.4 Å². The third-order valence-corrected chi connectivity index (χ3v) is 6.12. The number of rotatable bonds is 6. The van der Waals surface area contributed by atoms with Crippen LogP contribution in [0, 0.1) is 0 Å². The molecule has 4 rings (SSSR count). The summed E-state index contributed by atoms with van der Waals surface area (Å²) in [6.07, 6.45) is 8.48. The second-order valence-corrected chi connectivity index (χ2v) is 8.05. The van der Waals surface area contributed by atoms with Crippen molar-refractivity contribution >= 4 is 17.8 Å². The Hall–Kier alpha value is -2.45. The van der Waals surface area contributed by atoms with Crippen LogP contribution in [0.2, 0.25) is 0 Å². The van der Waals surface area contributed by atoms with Gasteiger partial charge >= 0.3 is 6.03 Å². The summed E-state index contributed by atoms with van der Waals surface area (Å²) < 4.78 is 2.11. The van der Waals surface area contributed by atoms with Crippen LogP contribution in [-0.4, -0.2) is 49.6 Å². The van der Waals surface area contributed by atoms with E-state index in [0.717, 1.165) is 63.1 Å². The molecule has 3 aliphatic rings. The number of aromatic nitrogens is 3. The number of fused-ring (bicyclic) bond motifs is 1. The first-order valence-corrected chi connectivity index (χ1v) is 10.4. The van der Waals surface area contributed by atoms with Gasteiger partial charge in [-0.1, -0.05) is 19.3 Å². The Bertz CT molecular complexity index is 768. The first-order valence-electron chi connectivity index (χ1n) is 10.4. The standard InChI is InChI=1S/C19H28N6O3/c26-16(20-13-15-23-22-14-7-2-1-5-11-24(14)15)8-6-12-25-17(27)19(21-18(25)28)9-3-4-10-19/h1-13H2,(H,20,26)(H,21,28). The zero-order valence-electron chi connectivity index (χ0n) is 16.2. The van der Waals surface area contributed by atoms with Crippen LogP contribution in [0.4, 0.5) is 4.79 Å². The Kier molecular flexibility index (Phi) is 5.32. The Morgan fingerprint density at radius 3 is 2.75 bits per heavy atom. The van der Waals surface area contributed by atoms with Crippen LogP contribution in [0.25, 0.3) is 0 Å². The summed E-state index contributed by atoms with van der Waals surface area (Å²) >= 11 is 0. The van der Waals surface area contributed by atoms with Crippen LogP contribution in [0.1, 0.15) is 69.4 Å². The van der Waals surface area contributed by atoms with Gasteiger partial charge in [-0.15, -0.1) is 10.2 Å². The van der Waals surface area contributed by atoms with Crippen LogP contribution in [-0.2, 0) is 29.1 Å². The molecule has 0 radical (unpaired) electrons. The molecule has 2 aliphatic heterocycles. The van der Waals surface area contributed by atoms with Crippen molar-refractivity contribution in [3.63, 3.8) is 0 Å². The lowest BCUT2D eigenvalue weighted by molar-refractivity contribution is -0.131. The van der Waals surface area contributed by atoms with Gasteiger partial charge in [0.2, 0.25) is 5.91 Å². The normalized spacial score (nSPS) is 20.9. The third kappa shape index (κ3) is 3.62. The van der Waals surface area contributed by atoms with Gasteiger partial charge in [0.05, 0.1) is 6.54 Å². The van der Waals surface area contributed by atoms with Gasteiger partial charge in [-0.25, -0.2) is 4.79 Å². The van der Waals surface area contributed by atoms with Crippen LogP contribution in [0.5, 0.6) is 0 Å². The highest BCUT2D eigenvalue weighted by Gasteiger charge is 2.52. The summed E-state index contributed by atoms with van der Waals surface area (Å²) in [6, 6.07) is -0.321. The number of hydrogen-bond donors (Lipinski definition) is 2. The molecule has 9 nitrogen and oxygen atoms in total. The van der Waals surface area contributed by atoms with Crippen molar-refractivity contribution in [2.24, 2.45) is 0 Å². The predicted octanol–water partition coefficient (Wildman–Crippen LogP) is 1.27. The van der Waals surface area contributed by atoms with Crippen molar-refractivity contribution < 1.29 is 14.4 Å². The Balaban J connectivity index is 1.23. The lowest BCUT2D eigenvalue weighted by Gasteiger charge is -2.19. The first-order chi connectivity index (χ1) is 13.6. The Morgan fingerprint density at radius 2 is 1.93 bits per heavy atom. The highest BCUT2D eigenvalue weighted by atomic mass is 16.2. The molecular formula is C19H28N6O3. The number of hydrogen-bond acceptors (Lipinski definition) is 5. The minimum atomic E-state index is -0.676. The molecule has 0 atom stereocenters. The molecule has 2 N–H and O–H groups in total. The number of carbonyl (C=O) groups is 3. The van der Waals surface area contributed by atoms with Crippen LogP contribution in [0.3, 0.4) is 0 Å². The molecule has 2 fully saturated rings. The van der Waals surface area contributed by atoms with E-state index >= 15 is 0 Å². The average molecular weight is 388 g/mol. The van der Waals surface area contributed by atoms with Gasteiger partial charge in [-0.05, 0) is 32.1 Å². The van der Waals surface area contributed by atoms with Gasteiger partial charge in [-0.3, -0.25) is 14.5 Å². The van der Waals surface area contributed by atoms with E-state index in [9.17, 15) is 14.4 Å². The fraction of sp³-hybridized carbons (Fsp3) is 0.737. The quantitative estimate of drug-likeness (QED) is 0.713. The molecule has 1 saturated heterocycles. The third-order valence-electron chi connectivity index (χ3n) is 6.12. The fourth-order valence-corrected chi connectivity index (χ4v) is 4.54. The number of imide groups is 1. The summed E-state index contributed by atoms with van der Waals surface area (Å²) in [5.74, 6) is 1.57. The molecule has 1 spiro atoms. The highest BCUT2D eigenvalue weighted by molar-refractivity contribution is 6.07. The lowest BCUT2D eigenvalue weighted by atomic mass is 9.98. The van der Waals surface area contributed by atoms with Crippen LogP contribution < -0.4 is 10.6 Å². The Morgan fingerprint density at radius 1 is 1.11 bits per heavy atom. The molecule has 1 aromatic rings. The lowest BCUT2D eigenvalue weighted by Crippen LogP contribution is -2.44. The fourth-order valence-electron chi connectivity index (χ4n) is 4.54. The van der Waals surface area contributed by atoms with Crippen molar-refractivity contribution in [1.29, 1.82) is 0 Å². The van der Waals surface area contributed by atoms with Gasteiger partial charge in [-0.2, -0.15) is 0 Å². The zero-order valence-corrected chi connectivity index (χ0v) is 16.2. The van der Waals surface area contributed by atoms with Crippen molar-refractivity contribution in [1.82, 2.24) is 30.3 Å². The van der Waals surface area contributed by atoms with Crippen molar-refractivity contribution in [3.8, 4) is 0 Å². The molecule has 1 saturated carbocycles. The smallest absolute Gasteiger partial charge is 0.325 e. The maximum atomic E-state index is 12.6. The minimum absolute atomic E-state index is 0.103. The summed E-state index contributed by atoms with van der Waals surface area (Å²) in [7, 11) is 0. The number of urea groups is 1. The molecule has 0 unspecified atom stereocenters. The SMILES string of the molecule is O=C(CCCN1C(=O)NC2(CCCC2)C1=O)NCc1nnc2n1CCCCC2. The number of aryl methyl sites for hydroxylation is 1. The first kappa shape index (κ1) is 18.9. The maximum Gasteiger partial charge on any atom is 0.325 e. The molecule has 1 aromatic heterocycles. The molecule has 4 amide bonds. The van der Waals surface area contributed by atoms with E-state index in [4.69, 9.17) is 0 Å². The number of amides is 4. The molecule has 9 heteroatoms. The van der Waals surface area contributed by atoms with Gasteiger partial charge < -0.3 is 15.2 Å². The molecule has 1 aliphatic carbocycles. The summed E-state index contributed by atoms with van der Waals surface area (Å²) in [5, 5.41) is 14.2.